The highest BCUT2D eigenvalue weighted by atomic mass is 16.5. The van der Waals surface area contributed by atoms with Crippen LogP contribution >= 0.6 is 0 Å². The zero-order valence-electron chi connectivity index (χ0n) is 11.2. The van der Waals surface area contributed by atoms with Gasteiger partial charge in [0.25, 0.3) is 0 Å². The quantitative estimate of drug-likeness (QED) is 0.735. The molecule has 0 aromatic carbocycles. The van der Waals surface area contributed by atoms with Crippen LogP contribution in [-0.2, 0) is 9.53 Å². The first-order valence-corrected chi connectivity index (χ1v) is 6.16. The number of amides is 2. The lowest BCUT2D eigenvalue weighted by molar-refractivity contribution is -0.148. The van der Waals surface area contributed by atoms with E-state index in [2.05, 4.69) is 5.32 Å². The Labute approximate surface area is 107 Å². The van der Waals surface area contributed by atoms with E-state index in [0.29, 0.717) is 19.7 Å². The van der Waals surface area contributed by atoms with Crippen LogP contribution in [0.4, 0.5) is 4.79 Å². The molecule has 6 nitrogen and oxygen atoms in total. The van der Waals surface area contributed by atoms with Crippen LogP contribution in [-0.4, -0.2) is 54.9 Å². The number of nitrogens with zero attached hydrogens (tertiary/aromatic N) is 1. The molecule has 0 saturated carbocycles. The molecule has 1 aliphatic heterocycles. The van der Waals surface area contributed by atoms with Gasteiger partial charge in [0.05, 0.1) is 6.61 Å². The van der Waals surface area contributed by atoms with Crippen molar-refractivity contribution in [2.75, 3.05) is 26.8 Å². The SMILES string of the molecule is COCCNC(=O)N1CCCC(C)(C)C1C(=O)O. The summed E-state index contributed by atoms with van der Waals surface area (Å²) in [5.41, 5.74) is -0.400. The number of methoxy groups -OCH3 is 1. The zero-order chi connectivity index (χ0) is 13.8. The van der Waals surface area contributed by atoms with Crippen molar-refractivity contribution in [3.8, 4) is 0 Å². The summed E-state index contributed by atoms with van der Waals surface area (Å²) in [6.07, 6.45) is 1.64. The van der Waals surface area contributed by atoms with Crippen molar-refractivity contribution in [3.05, 3.63) is 0 Å². The standard InChI is InChI=1S/C12H22N2O4/c1-12(2)5-4-7-14(9(12)10(15)16)11(17)13-6-8-18-3/h9H,4-8H2,1-3H3,(H,13,17)(H,15,16). The summed E-state index contributed by atoms with van der Waals surface area (Å²) < 4.78 is 4.85. The third kappa shape index (κ3) is 3.35. The summed E-state index contributed by atoms with van der Waals surface area (Å²) in [5, 5.41) is 12.0. The third-order valence-electron chi connectivity index (χ3n) is 3.35. The normalized spacial score (nSPS) is 22.6. The molecule has 1 heterocycles. The minimum absolute atomic E-state index is 0.327. The number of ether oxygens (including phenoxy) is 1. The first-order chi connectivity index (χ1) is 8.40. The van der Waals surface area contributed by atoms with Crippen LogP contribution in [0.2, 0.25) is 0 Å². The fourth-order valence-corrected chi connectivity index (χ4v) is 2.44. The Bertz CT molecular complexity index is 317. The zero-order valence-corrected chi connectivity index (χ0v) is 11.2. The lowest BCUT2D eigenvalue weighted by Crippen LogP contribution is -2.58. The number of piperidine rings is 1. The van der Waals surface area contributed by atoms with Crippen LogP contribution in [0.1, 0.15) is 26.7 Å². The minimum Gasteiger partial charge on any atom is -0.480 e. The number of aliphatic carboxylic acids is 1. The van der Waals surface area contributed by atoms with Gasteiger partial charge in [-0.2, -0.15) is 0 Å². The molecule has 2 amide bonds. The van der Waals surface area contributed by atoms with E-state index in [1.54, 1.807) is 7.11 Å². The number of nitrogens with one attached hydrogen (secondary N) is 1. The van der Waals surface area contributed by atoms with Crippen LogP contribution in [0.25, 0.3) is 0 Å². The summed E-state index contributed by atoms with van der Waals surface area (Å²) in [6.45, 7) is 5.07. The molecule has 1 saturated heterocycles. The summed E-state index contributed by atoms with van der Waals surface area (Å²) >= 11 is 0. The Morgan fingerprint density at radius 2 is 2.17 bits per heavy atom. The van der Waals surface area contributed by atoms with Gasteiger partial charge in [-0.1, -0.05) is 13.8 Å². The second-order valence-corrected chi connectivity index (χ2v) is 5.25. The third-order valence-corrected chi connectivity index (χ3v) is 3.35. The van der Waals surface area contributed by atoms with Crippen LogP contribution in [0.15, 0.2) is 0 Å². The van der Waals surface area contributed by atoms with Crippen LogP contribution in [0.3, 0.4) is 0 Å². The number of carboxylic acids is 1. The van der Waals surface area contributed by atoms with E-state index in [1.165, 1.54) is 4.90 Å². The van der Waals surface area contributed by atoms with Gasteiger partial charge in [-0.15, -0.1) is 0 Å². The predicted octanol–water partition coefficient (Wildman–Crippen LogP) is 0.918. The largest absolute Gasteiger partial charge is 0.480 e. The molecule has 1 unspecified atom stereocenters. The van der Waals surface area contributed by atoms with Gasteiger partial charge >= 0.3 is 12.0 Å². The van der Waals surface area contributed by atoms with Crippen molar-refractivity contribution in [1.29, 1.82) is 0 Å². The van der Waals surface area contributed by atoms with E-state index in [0.717, 1.165) is 12.8 Å². The molecule has 0 radical (unpaired) electrons. The number of carbonyl (C=O) groups excluding carboxylic acids is 1. The smallest absolute Gasteiger partial charge is 0.327 e. The Balaban J connectivity index is 2.72. The van der Waals surface area contributed by atoms with Crippen LogP contribution in [0, 0.1) is 5.41 Å². The van der Waals surface area contributed by atoms with E-state index in [4.69, 9.17) is 4.74 Å². The Morgan fingerprint density at radius 1 is 1.50 bits per heavy atom. The molecular weight excluding hydrogens is 236 g/mol. The Morgan fingerprint density at radius 3 is 2.72 bits per heavy atom. The first kappa shape index (κ1) is 14.8. The molecule has 1 rings (SSSR count). The summed E-state index contributed by atoms with van der Waals surface area (Å²) in [4.78, 5) is 24.8. The van der Waals surface area contributed by atoms with Crippen molar-refractivity contribution in [2.24, 2.45) is 5.41 Å². The van der Waals surface area contributed by atoms with Crippen molar-refractivity contribution < 1.29 is 19.4 Å². The van der Waals surface area contributed by atoms with Gasteiger partial charge in [0.1, 0.15) is 6.04 Å². The number of hydrogen-bond acceptors (Lipinski definition) is 3. The molecule has 0 spiro atoms. The molecule has 18 heavy (non-hydrogen) atoms. The van der Waals surface area contributed by atoms with Gasteiger partial charge in [0.15, 0.2) is 0 Å². The predicted molar refractivity (Wildman–Crippen MR) is 66.4 cm³/mol. The van der Waals surface area contributed by atoms with Gasteiger partial charge in [0, 0.05) is 20.2 Å². The molecule has 104 valence electrons. The fourth-order valence-electron chi connectivity index (χ4n) is 2.44. The molecule has 0 bridgehead atoms. The molecule has 1 atom stereocenters. The lowest BCUT2D eigenvalue weighted by Gasteiger charge is -2.43. The van der Waals surface area contributed by atoms with E-state index < -0.39 is 17.4 Å². The number of rotatable bonds is 4. The summed E-state index contributed by atoms with van der Waals surface area (Å²) in [5.74, 6) is -0.943. The maximum atomic E-state index is 12.0. The van der Waals surface area contributed by atoms with Gasteiger partial charge in [0.2, 0.25) is 0 Å². The molecule has 0 aromatic heterocycles. The average Bonchev–Trinajstić information content (AvgIpc) is 2.26. The van der Waals surface area contributed by atoms with Crippen molar-refractivity contribution in [3.63, 3.8) is 0 Å². The first-order valence-electron chi connectivity index (χ1n) is 6.16. The van der Waals surface area contributed by atoms with Gasteiger partial charge in [-0.3, -0.25) is 0 Å². The number of carbonyl (C=O) groups is 2. The number of likely N-dealkylation sites (tertiary alicyclic amines) is 1. The lowest BCUT2D eigenvalue weighted by atomic mass is 9.76. The monoisotopic (exact) mass is 258 g/mol. The van der Waals surface area contributed by atoms with Gasteiger partial charge in [-0.05, 0) is 18.3 Å². The van der Waals surface area contributed by atoms with Gasteiger partial charge in [-0.25, -0.2) is 9.59 Å². The van der Waals surface area contributed by atoms with Crippen LogP contribution in [0.5, 0.6) is 0 Å². The maximum Gasteiger partial charge on any atom is 0.327 e. The van der Waals surface area contributed by atoms with Crippen LogP contribution < -0.4 is 5.32 Å². The summed E-state index contributed by atoms with van der Waals surface area (Å²) in [6, 6.07) is -1.10. The topological polar surface area (TPSA) is 78.9 Å². The number of carboxylic acid groups (broad SMARTS) is 1. The highest BCUT2D eigenvalue weighted by molar-refractivity contribution is 5.83. The summed E-state index contributed by atoms with van der Waals surface area (Å²) in [7, 11) is 1.55. The highest BCUT2D eigenvalue weighted by Crippen LogP contribution is 2.35. The van der Waals surface area contributed by atoms with E-state index in [-0.39, 0.29) is 6.03 Å². The molecule has 0 aromatic rings. The Kier molecular flexibility index (Phi) is 4.95. The minimum atomic E-state index is -0.943. The molecule has 1 fully saturated rings. The number of urea groups is 1. The second kappa shape index (κ2) is 6.04. The van der Waals surface area contributed by atoms with E-state index in [9.17, 15) is 14.7 Å². The van der Waals surface area contributed by atoms with Crippen molar-refractivity contribution >= 4 is 12.0 Å². The maximum absolute atomic E-state index is 12.0. The molecular formula is C12H22N2O4. The molecule has 0 aliphatic carbocycles. The van der Waals surface area contributed by atoms with Gasteiger partial charge < -0.3 is 20.1 Å². The van der Waals surface area contributed by atoms with E-state index in [1.807, 2.05) is 13.8 Å². The highest BCUT2D eigenvalue weighted by Gasteiger charge is 2.44. The molecule has 6 heteroatoms. The van der Waals surface area contributed by atoms with Crippen molar-refractivity contribution in [1.82, 2.24) is 10.2 Å². The molecule has 1 aliphatic rings. The van der Waals surface area contributed by atoms with E-state index >= 15 is 0 Å². The average molecular weight is 258 g/mol. The van der Waals surface area contributed by atoms with Crippen molar-refractivity contribution in [2.45, 2.75) is 32.7 Å². The Hall–Kier alpha value is -1.30. The fraction of sp³-hybridized carbons (Fsp3) is 0.833. The molecule has 2 N–H and O–H groups in total. The number of hydrogen-bond donors (Lipinski definition) is 2. The second-order valence-electron chi connectivity index (χ2n) is 5.25.